The maximum absolute atomic E-state index is 13.5. The molecule has 0 bridgehead atoms. The van der Waals surface area contributed by atoms with Crippen molar-refractivity contribution in [2.24, 2.45) is 0 Å². The zero-order valence-corrected chi connectivity index (χ0v) is 20.4. The van der Waals surface area contributed by atoms with Gasteiger partial charge < -0.3 is 4.90 Å². The first-order valence-electron chi connectivity index (χ1n) is 8.91. The van der Waals surface area contributed by atoms with Crippen LogP contribution in [0.15, 0.2) is 52.3 Å². The predicted octanol–water partition coefficient (Wildman–Crippen LogP) is 4.05. The van der Waals surface area contributed by atoms with Crippen molar-refractivity contribution in [1.29, 1.82) is 0 Å². The number of aromatic nitrogens is 1. The summed E-state index contributed by atoms with van der Waals surface area (Å²) in [6, 6.07) is 12.3. The highest BCUT2D eigenvalue weighted by Crippen LogP contribution is 2.35. The van der Waals surface area contributed by atoms with Crippen molar-refractivity contribution in [3.8, 4) is 0 Å². The van der Waals surface area contributed by atoms with Gasteiger partial charge in [-0.1, -0.05) is 29.5 Å². The normalized spacial score (nSPS) is 11.5. The first kappa shape index (κ1) is 24.6. The number of thioether (sulfide) groups is 1. The molecule has 0 saturated heterocycles. The van der Waals surface area contributed by atoms with Crippen LogP contribution in [0.3, 0.4) is 0 Å². The fourth-order valence-electron chi connectivity index (χ4n) is 2.89. The molecule has 0 radical (unpaired) electrons. The Bertz CT molecular complexity index is 1150. The first-order chi connectivity index (χ1) is 13.7. The van der Waals surface area contributed by atoms with Crippen LogP contribution >= 0.6 is 35.5 Å². The van der Waals surface area contributed by atoms with Gasteiger partial charge in [0.15, 0.2) is 15.0 Å². The molecule has 0 saturated carbocycles. The Morgan fingerprint density at radius 3 is 2.43 bits per heavy atom. The largest absolute Gasteiger partial charge is 0.308 e. The average Bonchev–Trinajstić information content (AvgIpc) is 3.11. The Labute approximate surface area is 191 Å². The van der Waals surface area contributed by atoms with E-state index >= 15 is 0 Å². The molecular weight excluding hydrogens is 462 g/mol. The van der Waals surface area contributed by atoms with Gasteiger partial charge >= 0.3 is 0 Å². The van der Waals surface area contributed by atoms with Crippen LogP contribution in [0.4, 0.5) is 5.13 Å². The maximum atomic E-state index is 13.5. The SMILES string of the molecule is CSc1cccc2sc(N(CCN(C)C)C(=O)c3ccccc3S(C)(=O)=O)nc12.Cl. The highest BCUT2D eigenvalue weighted by atomic mass is 35.5. The van der Waals surface area contributed by atoms with Crippen LogP contribution in [0.5, 0.6) is 0 Å². The van der Waals surface area contributed by atoms with E-state index in [1.165, 1.54) is 17.4 Å². The lowest BCUT2D eigenvalue weighted by Gasteiger charge is -2.22. The van der Waals surface area contributed by atoms with Crippen molar-refractivity contribution in [1.82, 2.24) is 9.88 Å². The third-order valence-electron chi connectivity index (χ3n) is 4.35. The molecule has 0 atom stereocenters. The predicted molar refractivity (Wildman–Crippen MR) is 128 cm³/mol. The summed E-state index contributed by atoms with van der Waals surface area (Å²) in [5, 5.41) is 0.566. The smallest absolute Gasteiger partial charge is 0.261 e. The van der Waals surface area contributed by atoms with Crippen molar-refractivity contribution >= 4 is 66.6 Å². The second-order valence-corrected chi connectivity index (χ2v) is 10.7. The summed E-state index contributed by atoms with van der Waals surface area (Å²) in [6.07, 6.45) is 3.11. The molecule has 0 aliphatic rings. The minimum atomic E-state index is -3.54. The number of amides is 1. The van der Waals surface area contributed by atoms with E-state index < -0.39 is 9.84 Å². The molecule has 0 fully saturated rings. The number of nitrogens with zero attached hydrogens (tertiary/aromatic N) is 3. The number of sulfone groups is 1. The summed E-state index contributed by atoms with van der Waals surface area (Å²) in [5.41, 5.74) is 1.03. The lowest BCUT2D eigenvalue weighted by molar-refractivity contribution is 0.0982. The Morgan fingerprint density at radius 2 is 1.80 bits per heavy atom. The number of benzene rings is 2. The molecule has 30 heavy (non-hydrogen) atoms. The number of likely N-dealkylation sites (N-methyl/N-ethyl adjacent to an activating group) is 1. The number of thiazole rings is 1. The van der Waals surface area contributed by atoms with Crippen LogP contribution in [0, 0.1) is 0 Å². The number of carbonyl (C=O) groups is 1. The van der Waals surface area contributed by atoms with Crippen LogP contribution in [0.2, 0.25) is 0 Å². The number of para-hydroxylation sites is 1. The second-order valence-electron chi connectivity index (χ2n) is 6.83. The summed E-state index contributed by atoms with van der Waals surface area (Å²) in [4.78, 5) is 22.8. The van der Waals surface area contributed by atoms with E-state index in [9.17, 15) is 13.2 Å². The monoisotopic (exact) mass is 485 g/mol. The van der Waals surface area contributed by atoms with Gasteiger partial charge in [-0.25, -0.2) is 13.4 Å². The fraction of sp³-hybridized carbons (Fsp3) is 0.300. The number of halogens is 1. The van der Waals surface area contributed by atoms with Gasteiger partial charge in [0.2, 0.25) is 0 Å². The summed E-state index contributed by atoms with van der Waals surface area (Å²) in [5.74, 6) is -0.363. The molecule has 0 aliphatic heterocycles. The van der Waals surface area contributed by atoms with E-state index in [4.69, 9.17) is 4.98 Å². The van der Waals surface area contributed by atoms with Crippen LogP contribution in [0.25, 0.3) is 10.2 Å². The molecule has 162 valence electrons. The van der Waals surface area contributed by atoms with Gasteiger partial charge in [0, 0.05) is 24.2 Å². The molecule has 10 heteroatoms. The highest BCUT2D eigenvalue weighted by Gasteiger charge is 2.26. The van der Waals surface area contributed by atoms with Crippen molar-refractivity contribution < 1.29 is 13.2 Å². The number of carbonyl (C=O) groups excluding carboxylic acids is 1. The van der Waals surface area contributed by atoms with Crippen molar-refractivity contribution in [2.75, 3.05) is 44.6 Å². The first-order valence-corrected chi connectivity index (χ1v) is 12.8. The summed E-state index contributed by atoms with van der Waals surface area (Å²) in [6.45, 7) is 1.02. The molecule has 3 aromatic rings. The summed E-state index contributed by atoms with van der Waals surface area (Å²) < 4.78 is 25.4. The van der Waals surface area contributed by atoms with Crippen molar-refractivity contribution in [3.63, 3.8) is 0 Å². The lowest BCUT2D eigenvalue weighted by atomic mass is 10.2. The molecule has 0 N–H and O–H groups in total. The average molecular weight is 486 g/mol. The third-order valence-corrected chi connectivity index (χ3v) is 7.32. The number of fused-ring (bicyclic) bond motifs is 1. The van der Waals surface area contributed by atoms with E-state index in [1.54, 1.807) is 34.9 Å². The van der Waals surface area contributed by atoms with Crippen molar-refractivity contribution in [2.45, 2.75) is 9.79 Å². The zero-order valence-electron chi connectivity index (χ0n) is 17.2. The molecule has 6 nitrogen and oxygen atoms in total. The quantitative estimate of drug-likeness (QED) is 0.470. The fourth-order valence-corrected chi connectivity index (χ4v) is 5.41. The molecule has 0 spiro atoms. The Kier molecular flexibility index (Phi) is 8.29. The number of hydrogen-bond acceptors (Lipinski definition) is 7. The molecule has 1 amide bonds. The minimum Gasteiger partial charge on any atom is -0.308 e. The second kappa shape index (κ2) is 10.1. The van der Waals surface area contributed by atoms with Crippen LogP contribution in [-0.2, 0) is 9.84 Å². The Balaban J connectivity index is 0.00000320. The van der Waals surface area contributed by atoms with E-state index in [-0.39, 0.29) is 28.8 Å². The standard InChI is InChI=1S/C20H23N3O3S3.ClH/c1-22(2)12-13-23(19(24)14-8-5-6-11-17(14)29(4,25)26)20-21-18-15(27-3)9-7-10-16(18)28-20;/h5-11H,12-13H2,1-4H3;1H. The van der Waals surface area contributed by atoms with Gasteiger partial charge in [0.1, 0.15) is 0 Å². The van der Waals surface area contributed by atoms with E-state index in [0.29, 0.717) is 18.2 Å². The molecule has 0 unspecified atom stereocenters. The van der Waals surface area contributed by atoms with Gasteiger partial charge in [-0.05, 0) is 44.6 Å². The van der Waals surface area contributed by atoms with Crippen LogP contribution in [-0.4, -0.2) is 63.9 Å². The summed E-state index contributed by atoms with van der Waals surface area (Å²) >= 11 is 3.04. The van der Waals surface area contributed by atoms with Gasteiger partial charge in [0.25, 0.3) is 5.91 Å². The number of rotatable bonds is 7. The molecule has 3 rings (SSSR count). The molecule has 2 aromatic carbocycles. The molecule has 1 heterocycles. The number of anilines is 1. The van der Waals surface area contributed by atoms with Crippen molar-refractivity contribution in [3.05, 3.63) is 48.0 Å². The molecule has 1 aromatic heterocycles. The van der Waals surface area contributed by atoms with E-state index in [1.807, 2.05) is 43.5 Å². The Hall–Kier alpha value is -1.65. The van der Waals surface area contributed by atoms with Gasteiger partial charge in [-0.2, -0.15) is 0 Å². The van der Waals surface area contributed by atoms with E-state index in [0.717, 1.165) is 21.4 Å². The maximum Gasteiger partial charge on any atom is 0.261 e. The van der Waals surface area contributed by atoms with Gasteiger partial charge in [-0.15, -0.1) is 24.2 Å². The van der Waals surface area contributed by atoms with Gasteiger partial charge in [0.05, 0.1) is 20.7 Å². The molecular formula is C20H24ClN3O3S3. The topological polar surface area (TPSA) is 70.6 Å². The van der Waals surface area contributed by atoms with E-state index in [2.05, 4.69) is 0 Å². The minimum absolute atomic E-state index is 0. The third kappa shape index (κ3) is 5.33. The molecule has 0 aliphatic carbocycles. The number of hydrogen-bond donors (Lipinski definition) is 0. The highest BCUT2D eigenvalue weighted by molar-refractivity contribution is 7.98. The van der Waals surface area contributed by atoms with Crippen LogP contribution in [0.1, 0.15) is 10.4 Å². The Morgan fingerprint density at radius 1 is 1.10 bits per heavy atom. The van der Waals surface area contributed by atoms with Crippen LogP contribution < -0.4 is 4.90 Å². The summed E-state index contributed by atoms with van der Waals surface area (Å²) in [7, 11) is 0.317. The lowest BCUT2D eigenvalue weighted by Crippen LogP contribution is -2.37. The zero-order chi connectivity index (χ0) is 21.2. The van der Waals surface area contributed by atoms with Gasteiger partial charge in [-0.3, -0.25) is 9.69 Å².